The molecule has 1 aliphatic carbocycles. The van der Waals surface area contributed by atoms with Gasteiger partial charge in [-0.3, -0.25) is 10.1 Å². The van der Waals surface area contributed by atoms with Gasteiger partial charge in [-0.05, 0) is 43.2 Å². The molecule has 1 aromatic carbocycles. The zero-order chi connectivity index (χ0) is 15.6. The highest BCUT2D eigenvalue weighted by Crippen LogP contribution is 2.33. The van der Waals surface area contributed by atoms with Crippen molar-refractivity contribution in [2.75, 3.05) is 0 Å². The van der Waals surface area contributed by atoms with Crippen LogP contribution < -0.4 is 0 Å². The maximum Gasteiger partial charge on any atom is 0.345 e. The molecule has 0 radical (unpaired) electrons. The molecule has 0 spiro atoms. The number of halogens is 1. The van der Waals surface area contributed by atoms with Crippen molar-refractivity contribution in [2.24, 2.45) is 11.8 Å². The first-order valence-electron chi connectivity index (χ1n) is 7.04. The minimum atomic E-state index is -0.670. The van der Waals surface area contributed by atoms with Crippen molar-refractivity contribution in [2.45, 2.75) is 39.2 Å². The van der Waals surface area contributed by atoms with Crippen LogP contribution in [0.25, 0.3) is 0 Å². The lowest BCUT2D eigenvalue weighted by molar-refractivity contribution is -0.385. The number of nitro benzene ring substituents is 1. The summed E-state index contributed by atoms with van der Waals surface area (Å²) in [5.74, 6) is 0.419. The van der Waals surface area contributed by atoms with Crippen molar-refractivity contribution in [3.05, 3.63) is 38.9 Å². The van der Waals surface area contributed by atoms with Gasteiger partial charge in [-0.1, -0.05) is 31.5 Å². The highest BCUT2D eigenvalue weighted by molar-refractivity contribution is 6.33. The Balaban J connectivity index is 2.14. The molecule has 0 N–H and O–H groups in total. The first kappa shape index (κ1) is 15.8. The molecule has 21 heavy (non-hydrogen) atoms. The Morgan fingerprint density at radius 3 is 2.67 bits per heavy atom. The van der Waals surface area contributed by atoms with Gasteiger partial charge in [0.2, 0.25) is 0 Å². The van der Waals surface area contributed by atoms with Crippen molar-refractivity contribution in [3.63, 3.8) is 0 Å². The molecule has 114 valence electrons. The van der Waals surface area contributed by atoms with Crippen LogP contribution in [0.5, 0.6) is 0 Å². The zero-order valence-electron chi connectivity index (χ0n) is 12.0. The van der Waals surface area contributed by atoms with Crippen LogP contribution in [0.1, 0.15) is 43.5 Å². The first-order chi connectivity index (χ1) is 9.90. The Morgan fingerprint density at radius 2 is 2.05 bits per heavy atom. The third kappa shape index (κ3) is 3.53. The highest BCUT2D eigenvalue weighted by Gasteiger charge is 2.30. The monoisotopic (exact) mass is 311 g/mol. The second-order valence-corrected chi connectivity index (χ2v) is 6.10. The fraction of sp³-hybridized carbons (Fsp3) is 0.533. The van der Waals surface area contributed by atoms with Gasteiger partial charge >= 0.3 is 11.7 Å². The number of rotatable bonds is 3. The van der Waals surface area contributed by atoms with Gasteiger partial charge in [-0.2, -0.15) is 0 Å². The lowest BCUT2D eigenvalue weighted by atomic mass is 9.80. The third-order valence-electron chi connectivity index (χ3n) is 4.21. The molecule has 5 nitrogen and oxygen atoms in total. The molecule has 0 bridgehead atoms. The SMILES string of the molecule is CC1CCC(OC(=O)c2cccc(Cl)c2[N+](=O)[O-])CC1C. The van der Waals surface area contributed by atoms with E-state index >= 15 is 0 Å². The van der Waals surface area contributed by atoms with Gasteiger partial charge in [0, 0.05) is 0 Å². The molecule has 2 rings (SSSR count). The Bertz CT molecular complexity index is 561. The summed E-state index contributed by atoms with van der Waals surface area (Å²) in [6, 6.07) is 4.28. The van der Waals surface area contributed by atoms with Gasteiger partial charge in [-0.15, -0.1) is 0 Å². The average molecular weight is 312 g/mol. The molecule has 0 saturated heterocycles. The average Bonchev–Trinajstić information content (AvgIpc) is 2.42. The summed E-state index contributed by atoms with van der Waals surface area (Å²) in [6.07, 6.45) is 2.41. The Labute approximate surface area is 128 Å². The summed E-state index contributed by atoms with van der Waals surface area (Å²) < 4.78 is 5.44. The van der Waals surface area contributed by atoms with E-state index in [1.54, 1.807) is 0 Å². The van der Waals surface area contributed by atoms with Crippen LogP contribution in [-0.4, -0.2) is 17.0 Å². The second kappa shape index (κ2) is 6.43. The predicted molar refractivity (Wildman–Crippen MR) is 79.5 cm³/mol. The molecule has 0 amide bonds. The van der Waals surface area contributed by atoms with Crippen molar-refractivity contribution in [1.82, 2.24) is 0 Å². The standard InChI is InChI=1S/C15H18ClNO4/c1-9-6-7-11(8-10(9)2)21-15(18)12-4-3-5-13(16)14(12)17(19)20/h3-5,9-11H,6-8H2,1-2H3. The third-order valence-corrected chi connectivity index (χ3v) is 4.52. The molecular formula is C15H18ClNO4. The van der Waals surface area contributed by atoms with Crippen LogP contribution in [0, 0.1) is 22.0 Å². The van der Waals surface area contributed by atoms with E-state index in [1.165, 1.54) is 18.2 Å². The molecule has 0 heterocycles. The Hall–Kier alpha value is -1.62. The van der Waals surface area contributed by atoms with E-state index in [4.69, 9.17) is 16.3 Å². The number of ether oxygens (including phenoxy) is 1. The maximum absolute atomic E-state index is 12.2. The van der Waals surface area contributed by atoms with E-state index in [9.17, 15) is 14.9 Å². The fourth-order valence-electron chi connectivity index (χ4n) is 2.69. The zero-order valence-corrected chi connectivity index (χ0v) is 12.8. The van der Waals surface area contributed by atoms with Gasteiger partial charge in [0.25, 0.3) is 0 Å². The number of carbonyl (C=O) groups excluding carboxylic acids is 1. The number of carbonyl (C=O) groups is 1. The topological polar surface area (TPSA) is 69.4 Å². The van der Waals surface area contributed by atoms with Gasteiger partial charge in [0.15, 0.2) is 0 Å². The minimum absolute atomic E-state index is 0.0555. The number of nitro groups is 1. The number of nitrogens with zero attached hydrogens (tertiary/aromatic N) is 1. The van der Waals surface area contributed by atoms with Gasteiger partial charge in [-0.25, -0.2) is 4.79 Å². The van der Waals surface area contributed by atoms with Crippen LogP contribution in [0.2, 0.25) is 5.02 Å². The van der Waals surface area contributed by atoms with Crippen molar-refractivity contribution >= 4 is 23.3 Å². The Kier molecular flexibility index (Phi) is 4.83. The van der Waals surface area contributed by atoms with Crippen LogP contribution in [0.15, 0.2) is 18.2 Å². The van der Waals surface area contributed by atoms with Gasteiger partial charge in [0.05, 0.1) is 4.92 Å². The smallest absolute Gasteiger partial charge is 0.345 e. The normalized spacial score (nSPS) is 25.4. The van der Waals surface area contributed by atoms with E-state index in [2.05, 4.69) is 13.8 Å². The lowest BCUT2D eigenvalue weighted by Crippen LogP contribution is -2.28. The number of benzene rings is 1. The second-order valence-electron chi connectivity index (χ2n) is 5.69. The summed E-state index contributed by atoms with van der Waals surface area (Å²) in [6.45, 7) is 4.32. The predicted octanol–water partition coefficient (Wildman–Crippen LogP) is 4.23. The number of para-hydroxylation sites is 1. The summed E-state index contributed by atoms with van der Waals surface area (Å²) in [7, 11) is 0. The molecule has 0 aliphatic heterocycles. The molecule has 3 unspecified atom stereocenters. The van der Waals surface area contributed by atoms with E-state index < -0.39 is 10.9 Å². The van der Waals surface area contributed by atoms with Crippen molar-refractivity contribution in [1.29, 1.82) is 0 Å². The quantitative estimate of drug-likeness (QED) is 0.476. The van der Waals surface area contributed by atoms with Crippen molar-refractivity contribution in [3.8, 4) is 0 Å². The molecule has 1 fully saturated rings. The van der Waals surface area contributed by atoms with Crippen LogP contribution >= 0.6 is 11.6 Å². The molecular weight excluding hydrogens is 294 g/mol. The molecule has 3 atom stereocenters. The van der Waals surface area contributed by atoms with Crippen LogP contribution in [0.3, 0.4) is 0 Å². The minimum Gasteiger partial charge on any atom is -0.459 e. The molecule has 1 aromatic rings. The maximum atomic E-state index is 12.2. The largest absolute Gasteiger partial charge is 0.459 e. The highest BCUT2D eigenvalue weighted by atomic mass is 35.5. The number of esters is 1. The summed E-state index contributed by atoms with van der Waals surface area (Å²) >= 11 is 5.80. The van der Waals surface area contributed by atoms with E-state index in [-0.39, 0.29) is 22.4 Å². The van der Waals surface area contributed by atoms with Crippen molar-refractivity contribution < 1.29 is 14.5 Å². The van der Waals surface area contributed by atoms with Gasteiger partial charge in [0.1, 0.15) is 16.7 Å². The van der Waals surface area contributed by atoms with E-state index in [0.717, 1.165) is 19.3 Å². The van der Waals surface area contributed by atoms with Crippen LogP contribution in [-0.2, 0) is 4.74 Å². The van der Waals surface area contributed by atoms with E-state index in [1.807, 2.05) is 0 Å². The fourth-order valence-corrected chi connectivity index (χ4v) is 2.93. The molecule has 0 aromatic heterocycles. The van der Waals surface area contributed by atoms with E-state index in [0.29, 0.717) is 11.8 Å². The molecule has 6 heteroatoms. The summed E-state index contributed by atoms with van der Waals surface area (Å²) in [4.78, 5) is 22.6. The molecule has 1 saturated carbocycles. The number of hydrogen-bond donors (Lipinski definition) is 0. The Morgan fingerprint density at radius 1 is 1.33 bits per heavy atom. The lowest BCUT2D eigenvalue weighted by Gasteiger charge is -2.31. The first-order valence-corrected chi connectivity index (χ1v) is 7.41. The van der Waals surface area contributed by atoms with Crippen LogP contribution in [0.4, 0.5) is 5.69 Å². The molecule has 1 aliphatic rings. The number of hydrogen-bond acceptors (Lipinski definition) is 4. The van der Waals surface area contributed by atoms with Gasteiger partial charge < -0.3 is 4.74 Å². The summed E-state index contributed by atoms with van der Waals surface area (Å²) in [5.41, 5.74) is -0.472. The summed E-state index contributed by atoms with van der Waals surface area (Å²) in [5, 5.41) is 11.0.